The molecular weight excluding hydrogens is 242 g/mol. The Kier molecular flexibility index (Phi) is 6.60. The number of carbonyl (C=O) groups is 2. The van der Waals surface area contributed by atoms with Gasteiger partial charge in [0.2, 0.25) is 5.91 Å². The van der Waals surface area contributed by atoms with Crippen LogP contribution in [0.15, 0.2) is 11.6 Å². The highest BCUT2D eigenvalue weighted by molar-refractivity contribution is 5.83. The van der Waals surface area contributed by atoms with Crippen LogP contribution in [0.25, 0.3) is 0 Å². The van der Waals surface area contributed by atoms with Gasteiger partial charge in [-0.1, -0.05) is 11.6 Å². The zero-order valence-electron chi connectivity index (χ0n) is 12.3. The van der Waals surface area contributed by atoms with E-state index < -0.39 is 0 Å². The van der Waals surface area contributed by atoms with Crippen molar-refractivity contribution < 1.29 is 14.3 Å². The molecule has 0 fully saturated rings. The summed E-state index contributed by atoms with van der Waals surface area (Å²) in [6, 6.07) is 0.0149. The topological polar surface area (TPSA) is 46.6 Å². The quantitative estimate of drug-likeness (QED) is 0.549. The fraction of sp³-hybridized carbons (Fsp3) is 0.733. The summed E-state index contributed by atoms with van der Waals surface area (Å²) in [6.07, 6.45) is 7.08. The first-order valence-corrected chi connectivity index (χ1v) is 7.17. The van der Waals surface area contributed by atoms with Crippen molar-refractivity contribution in [2.75, 3.05) is 13.2 Å². The van der Waals surface area contributed by atoms with Crippen LogP contribution in [0.1, 0.15) is 52.9 Å². The van der Waals surface area contributed by atoms with Crippen LogP contribution in [-0.2, 0) is 14.3 Å². The fourth-order valence-electron chi connectivity index (χ4n) is 2.27. The average molecular weight is 267 g/mol. The highest BCUT2D eigenvalue weighted by Crippen LogP contribution is 2.21. The lowest BCUT2D eigenvalue weighted by Crippen LogP contribution is -2.41. The Bertz CT molecular complexity index is 347. The van der Waals surface area contributed by atoms with Crippen LogP contribution in [0.5, 0.6) is 0 Å². The Balaban J connectivity index is 2.57. The molecule has 0 aromatic carbocycles. The van der Waals surface area contributed by atoms with E-state index >= 15 is 0 Å². The van der Waals surface area contributed by atoms with E-state index in [4.69, 9.17) is 4.74 Å². The third kappa shape index (κ3) is 5.45. The lowest BCUT2D eigenvalue weighted by molar-refractivity contribution is -0.149. The summed E-state index contributed by atoms with van der Waals surface area (Å²) < 4.78 is 4.92. The molecule has 1 aliphatic rings. The molecule has 19 heavy (non-hydrogen) atoms. The van der Waals surface area contributed by atoms with Crippen molar-refractivity contribution in [3.05, 3.63) is 11.6 Å². The van der Waals surface area contributed by atoms with E-state index in [1.54, 1.807) is 11.8 Å². The summed E-state index contributed by atoms with van der Waals surface area (Å²) in [6.45, 7) is 6.02. The summed E-state index contributed by atoms with van der Waals surface area (Å²) in [4.78, 5) is 25.4. The maximum atomic E-state index is 12.3. The van der Waals surface area contributed by atoms with Crippen LogP contribution in [0.3, 0.4) is 0 Å². The molecule has 1 rings (SSSR count). The zero-order valence-corrected chi connectivity index (χ0v) is 12.3. The number of allylic oxidation sites excluding steroid dienone is 1. The molecule has 0 N–H and O–H groups in total. The summed E-state index contributed by atoms with van der Waals surface area (Å²) in [5.41, 5.74) is 1.21. The van der Waals surface area contributed by atoms with Gasteiger partial charge >= 0.3 is 5.97 Å². The molecule has 108 valence electrons. The average Bonchev–Trinajstić information content (AvgIpc) is 2.37. The van der Waals surface area contributed by atoms with Crippen LogP contribution >= 0.6 is 0 Å². The minimum Gasteiger partial charge on any atom is -0.465 e. The van der Waals surface area contributed by atoms with Crippen LogP contribution < -0.4 is 0 Å². The van der Waals surface area contributed by atoms with Gasteiger partial charge in [-0.2, -0.15) is 0 Å². The van der Waals surface area contributed by atoms with E-state index in [1.807, 2.05) is 13.8 Å². The number of hydrogen-bond donors (Lipinski definition) is 0. The highest BCUT2D eigenvalue weighted by Gasteiger charge is 2.21. The monoisotopic (exact) mass is 267 g/mol. The highest BCUT2D eigenvalue weighted by atomic mass is 16.5. The molecule has 0 aromatic heterocycles. The maximum absolute atomic E-state index is 12.3. The minimum atomic E-state index is -0.331. The van der Waals surface area contributed by atoms with Crippen molar-refractivity contribution in [2.45, 2.75) is 58.9 Å². The Morgan fingerprint density at radius 3 is 2.63 bits per heavy atom. The van der Waals surface area contributed by atoms with E-state index in [1.165, 1.54) is 18.4 Å². The van der Waals surface area contributed by atoms with Crippen LogP contribution in [0.4, 0.5) is 0 Å². The Morgan fingerprint density at radius 1 is 1.37 bits per heavy atom. The summed E-state index contributed by atoms with van der Waals surface area (Å²) in [7, 11) is 0. The zero-order chi connectivity index (χ0) is 14.3. The number of hydrogen-bond acceptors (Lipinski definition) is 3. The molecule has 0 bridgehead atoms. The van der Waals surface area contributed by atoms with Gasteiger partial charge in [-0.05, 0) is 46.5 Å². The molecule has 0 aliphatic heterocycles. The van der Waals surface area contributed by atoms with Gasteiger partial charge in [-0.15, -0.1) is 0 Å². The van der Waals surface area contributed by atoms with Crippen molar-refractivity contribution in [3.8, 4) is 0 Å². The molecule has 0 saturated heterocycles. The lowest BCUT2D eigenvalue weighted by Gasteiger charge is -2.26. The second kappa shape index (κ2) is 7.97. The molecule has 4 nitrogen and oxygen atoms in total. The van der Waals surface area contributed by atoms with Crippen LogP contribution in [-0.4, -0.2) is 36.0 Å². The second-order valence-electron chi connectivity index (χ2n) is 5.21. The van der Waals surface area contributed by atoms with Crippen molar-refractivity contribution >= 4 is 11.9 Å². The number of nitrogens with zero attached hydrogens (tertiary/aromatic N) is 1. The third-order valence-corrected chi connectivity index (χ3v) is 3.31. The number of esters is 1. The molecule has 1 amide bonds. The lowest BCUT2D eigenvalue weighted by atomic mass is 9.96. The third-order valence-electron chi connectivity index (χ3n) is 3.31. The maximum Gasteiger partial charge on any atom is 0.325 e. The summed E-state index contributed by atoms with van der Waals surface area (Å²) >= 11 is 0. The normalized spacial score (nSPS) is 15.1. The molecule has 4 heteroatoms. The van der Waals surface area contributed by atoms with E-state index in [9.17, 15) is 9.59 Å². The molecule has 0 saturated carbocycles. The van der Waals surface area contributed by atoms with E-state index in [0.717, 1.165) is 12.8 Å². The first-order valence-electron chi connectivity index (χ1n) is 7.17. The molecule has 1 aliphatic carbocycles. The largest absolute Gasteiger partial charge is 0.465 e. The minimum absolute atomic E-state index is 0.0149. The van der Waals surface area contributed by atoms with Crippen LogP contribution in [0, 0.1) is 0 Å². The van der Waals surface area contributed by atoms with Gasteiger partial charge in [0.05, 0.1) is 6.61 Å². The van der Waals surface area contributed by atoms with Gasteiger partial charge in [0.15, 0.2) is 0 Å². The SMILES string of the molecule is CCOC(=O)CN(C(=O)CC1=CCCCC1)C(C)C. The number of ether oxygens (including phenoxy) is 1. The molecule has 0 spiro atoms. The Morgan fingerprint density at radius 2 is 2.11 bits per heavy atom. The molecule has 0 heterocycles. The van der Waals surface area contributed by atoms with Crippen molar-refractivity contribution in [2.24, 2.45) is 0 Å². The Hall–Kier alpha value is -1.32. The number of rotatable bonds is 6. The van der Waals surface area contributed by atoms with Crippen molar-refractivity contribution in [1.29, 1.82) is 0 Å². The fourth-order valence-corrected chi connectivity index (χ4v) is 2.27. The van der Waals surface area contributed by atoms with E-state index in [-0.39, 0.29) is 24.5 Å². The molecule has 0 unspecified atom stereocenters. The number of carbonyl (C=O) groups excluding carboxylic acids is 2. The second-order valence-corrected chi connectivity index (χ2v) is 5.21. The van der Waals surface area contributed by atoms with E-state index in [0.29, 0.717) is 13.0 Å². The predicted molar refractivity (Wildman–Crippen MR) is 74.7 cm³/mol. The van der Waals surface area contributed by atoms with Gasteiger partial charge in [-0.25, -0.2) is 0 Å². The van der Waals surface area contributed by atoms with Gasteiger partial charge in [0, 0.05) is 12.5 Å². The molecule has 0 radical (unpaired) electrons. The smallest absolute Gasteiger partial charge is 0.325 e. The molecule has 0 aromatic rings. The summed E-state index contributed by atoms with van der Waals surface area (Å²) in [5, 5.41) is 0. The standard InChI is InChI=1S/C15H25NO3/c1-4-19-15(18)11-16(12(2)3)14(17)10-13-8-6-5-7-9-13/h8,12H,4-7,9-11H2,1-3H3. The predicted octanol–water partition coefficient (Wildman–Crippen LogP) is 2.68. The van der Waals surface area contributed by atoms with Crippen molar-refractivity contribution in [3.63, 3.8) is 0 Å². The molecule has 0 atom stereocenters. The van der Waals surface area contributed by atoms with Gasteiger partial charge < -0.3 is 9.64 Å². The van der Waals surface area contributed by atoms with E-state index in [2.05, 4.69) is 6.08 Å². The van der Waals surface area contributed by atoms with Crippen LogP contribution in [0.2, 0.25) is 0 Å². The van der Waals surface area contributed by atoms with Gasteiger partial charge in [0.1, 0.15) is 6.54 Å². The van der Waals surface area contributed by atoms with Gasteiger partial charge in [-0.3, -0.25) is 9.59 Å². The number of amides is 1. The van der Waals surface area contributed by atoms with Crippen molar-refractivity contribution in [1.82, 2.24) is 4.90 Å². The molecular formula is C15H25NO3. The summed E-state index contributed by atoms with van der Waals surface area (Å²) in [5.74, 6) is -0.307. The first-order chi connectivity index (χ1) is 9.04. The Labute approximate surface area is 115 Å². The first kappa shape index (κ1) is 15.7. The van der Waals surface area contributed by atoms with Gasteiger partial charge in [0.25, 0.3) is 0 Å².